The highest BCUT2D eigenvalue weighted by atomic mass is 35.5. The number of carbonyl (C=O) groups is 2. The normalized spacial score (nSPS) is 17.6. The maximum Gasteiger partial charge on any atom is 0.301 e. The van der Waals surface area contributed by atoms with Crippen molar-refractivity contribution >= 4 is 55.7 Å². The van der Waals surface area contributed by atoms with Crippen molar-refractivity contribution in [2.45, 2.75) is 25.8 Å². The van der Waals surface area contributed by atoms with Crippen LogP contribution in [0.5, 0.6) is 0 Å². The Labute approximate surface area is 210 Å². The molecule has 1 unspecified atom stereocenters. The van der Waals surface area contributed by atoms with Crippen LogP contribution in [0.15, 0.2) is 72.3 Å². The summed E-state index contributed by atoms with van der Waals surface area (Å²) in [7, 11) is 0. The second-order valence-corrected chi connectivity index (χ2v) is 10.1. The lowest BCUT2D eigenvalue weighted by Gasteiger charge is -2.23. The molecule has 0 radical (unpaired) electrons. The van der Waals surface area contributed by atoms with Gasteiger partial charge in [0.15, 0.2) is 5.13 Å². The smallest absolute Gasteiger partial charge is 0.301 e. The molecule has 35 heavy (non-hydrogen) atoms. The molecule has 1 amide bonds. The van der Waals surface area contributed by atoms with Crippen LogP contribution in [0.2, 0.25) is 5.02 Å². The maximum absolute atomic E-state index is 13.5. The molecule has 1 fully saturated rings. The molecule has 0 aliphatic carbocycles. The summed E-state index contributed by atoms with van der Waals surface area (Å²) in [6, 6.07) is 17.0. The molecular weight excluding hydrogens is 487 g/mol. The van der Waals surface area contributed by atoms with Crippen LogP contribution in [0.1, 0.15) is 42.5 Å². The van der Waals surface area contributed by atoms with Gasteiger partial charge in [-0.05, 0) is 59.5 Å². The summed E-state index contributed by atoms with van der Waals surface area (Å²) < 4.78 is 14.2. The third-order valence-electron chi connectivity index (χ3n) is 6.03. The summed E-state index contributed by atoms with van der Waals surface area (Å²) in [4.78, 5) is 32.5. The maximum atomic E-state index is 13.5. The van der Waals surface area contributed by atoms with Crippen molar-refractivity contribution in [3.8, 4) is 0 Å². The van der Waals surface area contributed by atoms with E-state index in [4.69, 9.17) is 11.6 Å². The number of halogens is 2. The zero-order chi connectivity index (χ0) is 24.9. The van der Waals surface area contributed by atoms with Crippen molar-refractivity contribution in [3.63, 3.8) is 0 Å². The van der Waals surface area contributed by atoms with E-state index in [2.05, 4.69) is 18.8 Å². The summed E-state index contributed by atoms with van der Waals surface area (Å²) in [5.41, 5.74) is 2.55. The Bertz CT molecular complexity index is 1490. The SMILES string of the molecule is CC(C)c1ccc(C2C(=C(O)c3ccc(F)cc3)C(=O)C(=O)N2c2nc3ccc(Cl)cc3s2)cc1. The minimum absolute atomic E-state index is 0.0730. The number of ketones is 1. The second kappa shape index (κ2) is 8.91. The van der Waals surface area contributed by atoms with Crippen molar-refractivity contribution < 1.29 is 19.1 Å². The van der Waals surface area contributed by atoms with Crippen molar-refractivity contribution in [1.82, 2.24) is 4.98 Å². The van der Waals surface area contributed by atoms with Crippen LogP contribution in [0.4, 0.5) is 9.52 Å². The van der Waals surface area contributed by atoms with E-state index in [0.717, 1.165) is 10.3 Å². The number of anilines is 1. The van der Waals surface area contributed by atoms with Crippen LogP contribution in [-0.4, -0.2) is 21.8 Å². The number of hydrogen-bond donors (Lipinski definition) is 1. The van der Waals surface area contributed by atoms with E-state index in [1.165, 1.54) is 40.5 Å². The molecule has 1 aliphatic heterocycles. The number of aromatic nitrogens is 1. The summed E-state index contributed by atoms with van der Waals surface area (Å²) in [5.74, 6) is -2.17. The Morgan fingerprint density at radius 2 is 1.74 bits per heavy atom. The van der Waals surface area contributed by atoms with Crippen LogP contribution in [0.25, 0.3) is 16.0 Å². The van der Waals surface area contributed by atoms with E-state index in [0.29, 0.717) is 27.2 Å². The molecule has 5 rings (SSSR count). The fraction of sp³-hybridized carbons (Fsp3) is 0.148. The van der Waals surface area contributed by atoms with Crippen molar-refractivity contribution in [2.24, 2.45) is 0 Å². The Morgan fingerprint density at radius 1 is 1.06 bits per heavy atom. The van der Waals surface area contributed by atoms with Crippen LogP contribution in [0.3, 0.4) is 0 Å². The first kappa shape index (κ1) is 23.2. The number of aliphatic hydroxyl groups is 1. The fourth-order valence-corrected chi connectivity index (χ4v) is 5.43. The van der Waals surface area contributed by atoms with E-state index in [1.807, 2.05) is 24.3 Å². The third-order valence-corrected chi connectivity index (χ3v) is 7.28. The summed E-state index contributed by atoms with van der Waals surface area (Å²) in [6.07, 6.45) is 0. The van der Waals surface area contributed by atoms with Crippen LogP contribution in [-0.2, 0) is 9.59 Å². The monoisotopic (exact) mass is 506 g/mol. The van der Waals surface area contributed by atoms with Crippen molar-refractivity contribution in [3.05, 3.63) is 99.8 Å². The lowest BCUT2D eigenvalue weighted by Crippen LogP contribution is -2.29. The Hall–Kier alpha value is -3.55. The first-order valence-electron chi connectivity index (χ1n) is 11.0. The van der Waals surface area contributed by atoms with Gasteiger partial charge in [-0.3, -0.25) is 14.5 Å². The van der Waals surface area contributed by atoms with Gasteiger partial charge in [0.1, 0.15) is 11.6 Å². The molecule has 4 aromatic rings. The third kappa shape index (κ3) is 4.11. The average molecular weight is 507 g/mol. The number of hydrogen-bond acceptors (Lipinski definition) is 5. The van der Waals surface area contributed by atoms with E-state index >= 15 is 0 Å². The van der Waals surface area contributed by atoms with Gasteiger partial charge < -0.3 is 5.11 Å². The molecule has 1 N–H and O–H groups in total. The van der Waals surface area contributed by atoms with Gasteiger partial charge in [0.05, 0.1) is 21.8 Å². The number of nitrogens with zero attached hydrogens (tertiary/aromatic N) is 2. The van der Waals surface area contributed by atoms with Gasteiger partial charge in [-0.15, -0.1) is 0 Å². The van der Waals surface area contributed by atoms with Crippen LogP contribution in [0, 0.1) is 5.82 Å². The number of aliphatic hydroxyl groups excluding tert-OH is 1. The minimum Gasteiger partial charge on any atom is -0.507 e. The van der Waals surface area contributed by atoms with E-state index < -0.39 is 23.5 Å². The molecule has 8 heteroatoms. The highest BCUT2D eigenvalue weighted by Gasteiger charge is 2.48. The zero-order valence-corrected chi connectivity index (χ0v) is 20.4. The Kier molecular flexibility index (Phi) is 5.91. The lowest BCUT2D eigenvalue weighted by molar-refractivity contribution is -0.132. The van der Waals surface area contributed by atoms with Crippen LogP contribution < -0.4 is 4.90 Å². The van der Waals surface area contributed by atoms with Gasteiger partial charge in [0, 0.05) is 10.6 Å². The molecule has 0 saturated carbocycles. The first-order chi connectivity index (χ1) is 16.7. The summed E-state index contributed by atoms with van der Waals surface area (Å²) in [5, 5.41) is 12.0. The van der Waals surface area contributed by atoms with Gasteiger partial charge in [0.25, 0.3) is 5.78 Å². The van der Waals surface area contributed by atoms with E-state index in [-0.39, 0.29) is 16.9 Å². The Morgan fingerprint density at radius 3 is 2.40 bits per heavy atom. The van der Waals surface area contributed by atoms with E-state index in [1.54, 1.807) is 18.2 Å². The summed E-state index contributed by atoms with van der Waals surface area (Å²) >= 11 is 7.36. The highest BCUT2D eigenvalue weighted by molar-refractivity contribution is 7.22. The number of Topliss-reactive ketones (excluding diaryl/α,β-unsaturated/α-hetero) is 1. The number of fused-ring (bicyclic) bond motifs is 1. The molecule has 2 heterocycles. The summed E-state index contributed by atoms with van der Waals surface area (Å²) in [6.45, 7) is 4.14. The first-order valence-corrected chi connectivity index (χ1v) is 12.2. The number of benzene rings is 3. The highest BCUT2D eigenvalue weighted by Crippen LogP contribution is 2.44. The number of rotatable bonds is 4. The molecule has 3 aromatic carbocycles. The standard InChI is InChI=1S/C27H20ClFN2O3S/c1-14(2)15-3-5-16(6-4-15)23-22(24(32)17-7-10-19(29)11-8-17)25(33)26(34)31(23)27-30-20-12-9-18(28)13-21(20)35-27/h3-14,23,32H,1-2H3. The average Bonchev–Trinajstić information content (AvgIpc) is 3.37. The minimum atomic E-state index is -0.905. The van der Waals surface area contributed by atoms with Crippen molar-refractivity contribution in [2.75, 3.05) is 4.90 Å². The van der Waals surface area contributed by atoms with Gasteiger partial charge in [-0.25, -0.2) is 9.37 Å². The quantitative estimate of drug-likeness (QED) is 0.187. The Balaban J connectivity index is 1.71. The largest absolute Gasteiger partial charge is 0.507 e. The predicted molar refractivity (Wildman–Crippen MR) is 136 cm³/mol. The van der Waals surface area contributed by atoms with Gasteiger partial charge in [-0.2, -0.15) is 0 Å². The number of carbonyl (C=O) groups excluding carboxylic acids is 2. The van der Waals surface area contributed by atoms with Crippen molar-refractivity contribution in [1.29, 1.82) is 0 Å². The lowest BCUT2D eigenvalue weighted by atomic mass is 9.93. The number of amides is 1. The topological polar surface area (TPSA) is 70.5 Å². The molecule has 0 spiro atoms. The van der Waals surface area contributed by atoms with E-state index in [9.17, 15) is 19.1 Å². The van der Waals surface area contributed by atoms with Gasteiger partial charge in [-0.1, -0.05) is 61.1 Å². The fourth-order valence-electron chi connectivity index (χ4n) is 4.16. The molecule has 176 valence electrons. The van der Waals surface area contributed by atoms with Gasteiger partial charge >= 0.3 is 5.91 Å². The molecule has 1 aromatic heterocycles. The molecule has 1 atom stereocenters. The molecule has 5 nitrogen and oxygen atoms in total. The zero-order valence-electron chi connectivity index (χ0n) is 18.8. The van der Waals surface area contributed by atoms with Crippen LogP contribution >= 0.6 is 22.9 Å². The molecule has 0 bridgehead atoms. The predicted octanol–water partition coefficient (Wildman–Crippen LogP) is 6.84. The molecular formula is C27H20ClFN2O3S. The van der Waals surface area contributed by atoms with Gasteiger partial charge in [0.2, 0.25) is 0 Å². The second-order valence-electron chi connectivity index (χ2n) is 8.61. The molecule has 1 saturated heterocycles. The number of thiazole rings is 1. The molecule has 1 aliphatic rings.